The second kappa shape index (κ2) is 9.40. The van der Waals surface area contributed by atoms with Crippen molar-refractivity contribution < 1.29 is 14.3 Å². The van der Waals surface area contributed by atoms with E-state index in [9.17, 15) is 9.59 Å². The van der Waals surface area contributed by atoms with Crippen LogP contribution in [0.1, 0.15) is 41.4 Å². The van der Waals surface area contributed by atoms with Gasteiger partial charge in [-0.15, -0.1) is 0 Å². The molecule has 0 saturated heterocycles. The van der Waals surface area contributed by atoms with E-state index in [-0.39, 0.29) is 15.7 Å². The zero-order chi connectivity index (χ0) is 20.0. The van der Waals surface area contributed by atoms with Crippen LogP contribution in [0.25, 0.3) is 0 Å². The summed E-state index contributed by atoms with van der Waals surface area (Å²) < 4.78 is 6.59. The first kappa shape index (κ1) is 20.7. The standard InChI is InChI=1S/C18H18Cl2N4O3/c1-3-4-7-24-17(20)16(11(2)23-24)18(26)27-10-15(25)22-13-6-5-12(9-21)14(19)8-13/h5-6,8H,3-4,7,10H2,1-2H3,(H,22,25). The van der Waals surface area contributed by atoms with E-state index in [2.05, 4.69) is 10.4 Å². The summed E-state index contributed by atoms with van der Waals surface area (Å²) in [6.45, 7) is 3.80. The van der Waals surface area contributed by atoms with Crippen LogP contribution in [-0.4, -0.2) is 28.3 Å². The molecule has 9 heteroatoms. The molecule has 0 spiro atoms. The van der Waals surface area contributed by atoms with E-state index in [1.165, 1.54) is 18.2 Å². The summed E-state index contributed by atoms with van der Waals surface area (Å²) in [5.41, 5.74) is 1.29. The summed E-state index contributed by atoms with van der Waals surface area (Å²) in [4.78, 5) is 24.3. The number of carbonyl (C=O) groups excluding carboxylic acids is 2. The lowest BCUT2D eigenvalue weighted by Gasteiger charge is -2.07. The molecule has 1 aromatic carbocycles. The van der Waals surface area contributed by atoms with Crippen LogP contribution in [0.2, 0.25) is 10.2 Å². The third-order valence-corrected chi connectivity index (χ3v) is 4.40. The van der Waals surface area contributed by atoms with Crippen LogP contribution >= 0.6 is 23.2 Å². The van der Waals surface area contributed by atoms with Crippen LogP contribution in [0.3, 0.4) is 0 Å². The number of unbranched alkanes of at least 4 members (excludes halogenated alkanes) is 1. The van der Waals surface area contributed by atoms with Gasteiger partial charge < -0.3 is 10.1 Å². The van der Waals surface area contributed by atoms with Crippen LogP contribution in [0.4, 0.5) is 5.69 Å². The minimum absolute atomic E-state index is 0.155. The Labute approximate surface area is 166 Å². The quantitative estimate of drug-likeness (QED) is 0.698. The maximum absolute atomic E-state index is 12.3. The van der Waals surface area contributed by atoms with Gasteiger partial charge in [-0.05, 0) is 31.5 Å². The predicted molar refractivity (Wildman–Crippen MR) is 102 cm³/mol. The van der Waals surface area contributed by atoms with Crippen molar-refractivity contribution >= 4 is 40.8 Å². The highest BCUT2D eigenvalue weighted by atomic mass is 35.5. The summed E-state index contributed by atoms with van der Waals surface area (Å²) in [5, 5.41) is 16.0. The highest BCUT2D eigenvalue weighted by Crippen LogP contribution is 2.22. The van der Waals surface area contributed by atoms with Gasteiger partial charge in [0.15, 0.2) is 6.61 Å². The number of anilines is 1. The lowest BCUT2D eigenvalue weighted by molar-refractivity contribution is -0.119. The molecule has 2 rings (SSSR count). The molecule has 0 saturated carbocycles. The van der Waals surface area contributed by atoms with E-state index >= 15 is 0 Å². The van der Waals surface area contributed by atoms with Gasteiger partial charge in [0, 0.05) is 12.2 Å². The van der Waals surface area contributed by atoms with Gasteiger partial charge in [-0.25, -0.2) is 4.79 Å². The number of nitrogens with zero attached hydrogens (tertiary/aromatic N) is 3. The molecule has 0 fully saturated rings. The average Bonchev–Trinajstić information content (AvgIpc) is 2.91. The van der Waals surface area contributed by atoms with Crippen molar-refractivity contribution in [2.75, 3.05) is 11.9 Å². The third-order valence-electron chi connectivity index (χ3n) is 3.70. The number of carbonyl (C=O) groups is 2. The van der Waals surface area contributed by atoms with Crippen molar-refractivity contribution in [1.82, 2.24) is 9.78 Å². The van der Waals surface area contributed by atoms with E-state index in [0.29, 0.717) is 23.5 Å². The average molecular weight is 409 g/mol. The maximum atomic E-state index is 12.3. The number of nitrogens with one attached hydrogen (secondary N) is 1. The number of benzene rings is 1. The van der Waals surface area contributed by atoms with Crippen molar-refractivity contribution in [1.29, 1.82) is 5.26 Å². The fourth-order valence-electron chi connectivity index (χ4n) is 2.33. The van der Waals surface area contributed by atoms with Gasteiger partial charge in [0.2, 0.25) is 0 Å². The summed E-state index contributed by atoms with van der Waals surface area (Å²) in [6, 6.07) is 6.38. The molecular formula is C18H18Cl2N4O3. The summed E-state index contributed by atoms with van der Waals surface area (Å²) in [5.74, 6) is -1.26. The lowest BCUT2D eigenvalue weighted by Crippen LogP contribution is -2.21. The van der Waals surface area contributed by atoms with Crippen molar-refractivity contribution in [2.45, 2.75) is 33.2 Å². The molecule has 0 atom stereocenters. The number of ether oxygens (including phenoxy) is 1. The van der Waals surface area contributed by atoms with E-state index < -0.39 is 18.5 Å². The molecule has 0 bridgehead atoms. The molecule has 27 heavy (non-hydrogen) atoms. The molecule has 0 aliphatic carbocycles. The summed E-state index contributed by atoms with van der Waals surface area (Å²) in [7, 11) is 0. The topological polar surface area (TPSA) is 97.0 Å². The maximum Gasteiger partial charge on any atom is 0.343 e. The molecule has 1 aromatic heterocycles. The van der Waals surface area contributed by atoms with Crippen LogP contribution in [-0.2, 0) is 16.1 Å². The van der Waals surface area contributed by atoms with Crippen molar-refractivity contribution in [3.05, 3.63) is 45.2 Å². The molecule has 0 unspecified atom stereocenters. The smallest absolute Gasteiger partial charge is 0.343 e. The van der Waals surface area contributed by atoms with Gasteiger partial charge >= 0.3 is 5.97 Å². The Bertz CT molecular complexity index is 903. The van der Waals surface area contributed by atoms with Crippen molar-refractivity contribution in [3.8, 4) is 6.07 Å². The number of amides is 1. The third kappa shape index (κ3) is 5.22. The monoisotopic (exact) mass is 408 g/mol. The molecule has 0 radical (unpaired) electrons. The van der Waals surface area contributed by atoms with Gasteiger partial charge in [-0.2, -0.15) is 10.4 Å². The Kier molecular flexibility index (Phi) is 7.22. The van der Waals surface area contributed by atoms with Crippen molar-refractivity contribution in [3.63, 3.8) is 0 Å². The summed E-state index contributed by atoms with van der Waals surface area (Å²) in [6.07, 6.45) is 1.85. The Balaban J connectivity index is 1.97. The van der Waals surface area contributed by atoms with Crippen LogP contribution in [0.5, 0.6) is 0 Å². The van der Waals surface area contributed by atoms with E-state index in [1.807, 2.05) is 13.0 Å². The first-order chi connectivity index (χ1) is 12.9. The zero-order valence-electron chi connectivity index (χ0n) is 14.9. The Morgan fingerprint density at radius 3 is 2.74 bits per heavy atom. The second-order valence-electron chi connectivity index (χ2n) is 5.76. The fraction of sp³-hybridized carbons (Fsp3) is 0.333. The number of hydrogen-bond acceptors (Lipinski definition) is 5. The molecule has 1 heterocycles. The van der Waals surface area contributed by atoms with Gasteiger partial charge in [0.05, 0.1) is 16.3 Å². The molecular weight excluding hydrogens is 391 g/mol. The van der Waals surface area contributed by atoms with E-state index in [1.54, 1.807) is 11.6 Å². The minimum Gasteiger partial charge on any atom is -0.452 e. The van der Waals surface area contributed by atoms with Crippen molar-refractivity contribution in [2.24, 2.45) is 0 Å². The number of aryl methyl sites for hydroxylation is 2. The van der Waals surface area contributed by atoms with Crippen LogP contribution in [0, 0.1) is 18.3 Å². The molecule has 7 nitrogen and oxygen atoms in total. The van der Waals surface area contributed by atoms with Gasteiger partial charge in [0.25, 0.3) is 5.91 Å². The molecule has 0 aliphatic rings. The molecule has 1 amide bonds. The zero-order valence-corrected chi connectivity index (χ0v) is 16.4. The highest BCUT2D eigenvalue weighted by molar-refractivity contribution is 6.33. The Morgan fingerprint density at radius 2 is 2.11 bits per heavy atom. The fourth-order valence-corrected chi connectivity index (χ4v) is 2.88. The predicted octanol–water partition coefficient (Wildman–Crippen LogP) is 3.97. The first-order valence-electron chi connectivity index (χ1n) is 8.26. The normalized spacial score (nSPS) is 10.3. The Hall–Kier alpha value is -2.56. The lowest BCUT2D eigenvalue weighted by atomic mass is 10.2. The SMILES string of the molecule is CCCCn1nc(C)c(C(=O)OCC(=O)Nc2ccc(C#N)c(Cl)c2)c1Cl. The van der Waals surface area contributed by atoms with Crippen LogP contribution < -0.4 is 5.32 Å². The van der Waals surface area contributed by atoms with Gasteiger partial charge in [0.1, 0.15) is 16.8 Å². The van der Waals surface area contributed by atoms with E-state index in [0.717, 1.165) is 12.8 Å². The Morgan fingerprint density at radius 1 is 1.37 bits per heavy atom. The van der Waals surface area contributed by atoms with Gasteiger partial charge in [-0.1, -0.05) is 36.5 Å². The van der Waals surface area contributed by atoms with Crippen LogP contribution in [0.15, 0.2) is 18.2 Å². The number of halogens is 2. The molecule has 142 valence electrons. The number of esters is 1. The number of nitriles is 1. The number of hydrogen-bond donors (Lipinski definition) is 1. The first-order valence-corrected chi connectivity index (χ1v) is 9.02. The van der Waals surface area contributed by atoms with E-state index in [4.69, 9.17) is 33.2 Å². The number of rotatable bonds is 7. The second-order valence-corrected chi connectivity index (χ2v) is 6.52. The minimum atomic E-state index is -0.715. The number of aromatic nitrogens is 2. The molecule has 1 N–H and O–H groups in total. The summed E-state index contributed by atoms with van der Waals surface area (Å²) >= 11 is 12.1. The highest BCUT2D eigenvalue weighted by Gasteiger charge is 2.22. The molecule has 0 aliphatic heterocycles. The van der Waals surface area contributed by atoms with Gasteiger partial charge in [-0.3, -0.25) is 9.48 Å². The largest absolute Gasteiger partial charge is 0.452 e. The molecule has 2 aromatic rings.